The first-order valence-corrected chi connectivity index (χ1v) is 7.24. The molecule has 0 saturated carbocycles. The van der Waals surface area contributed by atoms with Crippen LogP contribution >= 0.6 is 11.8 Å². The van der Waals surface area contributed by atoms with Gasteiger partial charge in [0.1, 0.15) is 5.82 Å². The third-order valence-corrected chi connectivity index (χ3v) is 3.48. The molecule has 2 N–H and O–H groups in total. The molecule has 0 radical (unpaired) electrons. The molecule has 1 aromatic rings. The van der Waals surface area contributed by atoms with E-state index in [4.69, 9.17) is 5.11 Å². The molecule has 1 unspecified atom stereocenters. The van der Waals surface area contributed by atoms with Crippen LogP contribution in [0, 0.1) is 5.82 Å². The number of carbonyl (C=O) groups excluding carboxylic acids is 1. The Kier molecular flexibility index (Phi) is 6.66. The first-order valence-electron chi connectivity index (χ1n) is 6.08. The highest BCUT2D eigenvalue weighted by Crippen LogP contribution is 2.22. The topological polar surface area (TPSA) is 66.4 Å². The average molecular weight is 339 g/mol. The highest BCUT2D eigenvalue weighted by atomic mass is 32.2. The fourth-order valence-corrected chi connectivity index (χ4v) is 2.22. The van der Waals surface area contributed by atoms with Gasteiger partial charge in [0.05, 0.1) is 24.0 Å². The molecule has 122 valence electrons. The van der Waals surface area contributed by atoms with Gasteiger partial charge in [0.15, 0.2) is 0 Å². The van der Waals surface area contributed by atoms with Gasteiger partial charge in [-0.05, 0) is 17.7 Å². The van der Waals surface area contributed by atoms with Crippen molar-refractivity contribution in [2.24, 2.45) is 0 Å². The molecule has 1 amide bonds. The molecule has 0 heterocycles. The third kappa shape index (κ3) is 7.30. The van der Waals surface area contributed by atoms with Crippen LogP contribution in [-0.4, -0.2) is 34.7 Å². The lowest BCUT2D eigenvalue weighted by Gasteiger charge is -2.17. The SMILES string of the molecule is O=C(O)CC(NC(=O)CSCC(F)(F)F)c1ccc(F)cc1. The number of rotatable bonds is 7. The summed E-state index contributed by atoms with van der Waals surface area (Å²) in [7, 11) is 0. The van der Waals surface area contributed by atoms with Crippen LogP contribution in [0.2, 0.25) is 0 Å². The van der Waals surface area contributed by atoms with Crippen molar-refractivity contribution < 1.29 is 32.3 Å². The number of benzene rings is 1. The number of hydrogen-bond acceptors (Lipinski definition) is 3. The second-order valence-corrected chi connectivity index (χ2v) is 5.36. The van der Waals surface area contributed by atoms with Crippen molar-refractivity contribution >= 4 is 23.6 Å². The number of aliphatic carboxylic acids is 1. The molecule has 4 nitrogen and oxygen atoms in total. The van der Waals surface area contributed by atoms with Crippen LogP contribution < -0.4 is 5.32 Å². The number of thioether (sulfide) groups is 1. The lowest BCUT2D eigenvalue weighted by Crippen LogP contribution is -2.32. The van der Waals surface area contributed by atoms with Gasteiger partial charge in [-0.2, -0.15) is 13.2 Å². The minimum absolute atomic E-state index is 0.359. The number of nitrogens with one attached hydrogen (secondary N) is 1. The Morgan fingerprint density at radius 2 is 1.82 bits per heavy atom. The second-order valence-electron chi connectivity index (χ2n) is 4.38. The van der Waals surface area contributed by atoms with Crippen molar-refractivity contribution in [2.45, 2.75) is 18.6 Å². The van der Waals surface area contributed by atoms with Gasteiger partial charge in [-0.25, -0.2) is 4.39 Å². The second kappa shape index (κ2) is 8.02. The summed E-state index contributed by atoms with van der Waals surface area (Å²) in [6.45, 7) is 0. The lowest BCUT2D eigenvalue weighted by molar-refractivity contribution is -0.137. The van der Waals surface area contributed by atoms with Gasteiger partial charge in [0.25, 0.3) is 0 Å². The number of carbonyl (C=O) groups is 2. The number of carboxylic acid groups (broad SMARTS) is 1. The fourth-order valence-electron chi connectivity index (χ4n) is 1.62. The Labute approximate surface area is 127 Å². The molecule has 0 fully saturated rings. The number of alkyl halides is 3. The number of amides is 1. The van der Waals surface area contributed by atoms with Gasteiger partial charge in [-0.3, -0.25) is 9.59 Å². The summed E-state index contributed by atoms with van der Waals surface area (Å²) in [6.07, 6.45) is -4.83. The smallest absolute Gasteiger partial charge is 0.397 e. The van der Waals surface area contributed by atoms with E-state index in [9.17, 15) is 27.2 Å². The average Bonchev–Trinajstić information content (AvgIpc) is 2.36. The van der Waals surface area contributed by atoms with Gasteiger partial charge in [0.2, 0.25) is 5.91 Å². The maximum atomic E-state index is 12.8. The Morgan fingerprint density at radius 1 is 1.23 bits per heavy atom. The van der Waals surface area contributed by atoms with E-state index in [2.05, 4.69) is 5.32 Å². The normalized spacial score (nSPS) is 12.7. The predicted octanol–water partition coefficient (Wildman–Crippen LogP) is 2.75. The first kappa shape index (κ1) is 18.3. The molecular formula is C13H13F4NO3S. The highest BCUT2D eigenvalue weighted by molar-refractivity contribution is 8.00. The van der Waals surface area contributed by atoms with Crippen LogP contribution in [0.15, 0.2) is 24.3 Å². The van der Waals surface area contributed by atoms with E-state index in [1.54, 1.807) is 0 Å². The lowest BCUT2D eigenvalue weighted by atomic mass is 10.0. The van der Waals surface area contributed by atoms with Gasteiger partial charge in [0, 0.05) is 0 Å². The number of carboxylic acids is 1. The molecule has 1 aromatic carbocycles. The van der Waals surface area contributed by atoms with Crippen molar-refractivity contribution in [1.82, 2.24) is 5.32 Å². The summed E-state index contributed by atoms with van der Waals surface area (Å²) in [5.41, 5.74) is 0.359. The van der Waals surface area contributed by atoms with E-state index in [1.165, 1.54) is 12.1 Å². The Hall–Kier alpha value is -1.77. The molecule has 0 aliphatic heterocycles. The Balaban J connectivity index is 2.63. The number of hydrogen-bond donors (Lipinski definition) is 2. The van der Waals surface area contributed by atoms with Gasteiger partial charge < -0.3 is 10.4 Å². The summed E-state index contributed by atoms with van der Waals surface area (Å²) in [6, 6.07) is 3.90. The largest absolute Gasteiger partial charge is 0.481 e. The quantitative estimate of drug-likeness (QED) is 0.750. The summed E-state index contributed by atoms with van der Waals surface area (Å²) < 4.78 is 48.8. The van der Waals surface area contributed by atoms with E-state index >= 15 is 0 Å². The third-order valence-electron chi connectivity index (χ3n) is 2.49. The maximum Gasteiger partial charge on any atom is 0.397 e. The van der Waals surface area contributed by atoms with Crippen LogP contribution in [0.5, 0.6) is 0 Å². The Bertz CT molecular complexity index is 519. The minimum atomic E-state index is -4.37. The van der Waals surface area contributed by atoms with E-state index in [-0.39, 0.29) is 0 Å². The minimum Gasteiger partial charge on any atom is -0.481 e. The molecule has 0 aliphatic rings. The summed E-state index contributed by atoms with van der Waals surface area (Å²) in [4.78, 5) is 22.4. The number of halogens is 4. The van der Waals surface area contributed by atoms with Crippen molar-refractivity contribution in [3.8, 4) is 0 Å². The maximum absolute atomic E-state index is 12.8. The molecule has 0 saturated heterocycles. The van der Waals surface area contributed by atoms with E-state index in [1.807, 2.05) is 0 Å². The van der Waals surface area contributed by atoms with Gasteiger partial charge >= 0.3 is 12.1 Å². The molecule has 0 bridgehead atoms. The zero-order valence-corrected chi connectivity index (χ0v) is 12.0. The monoisotopic (exact) mass is 339 g/mol. The molecule has 1 atom stereocenters. The zero-order chi connectivity index (χ0) is 16.8. The zero-order valence-electron chi connectivity index (χ0n) is 11.2. The van der Waals surface area contributed by atoms with Crippen LogP contribution in [0.1, 0.15) is 18.0 Å². The van der Waals surface area contributed by atoms with Crippen LogP contribution in [0.3, 0.4) is 0 Å². The standard InChI is InChI=1S/C13H13F4NO3S/c14-9-3-1-8(2-4-9)10(5-12(20)21)18-11(19)6-22-7-13(15,16)17/h1-4,10H,5-7H2,(H,18,19)(H,20,21). The van der Waals surface area contributed by atoms with Crippen molar-refractivity contribution in [3.05, 3.63) is 35.6 Å². The van der Waals surface area contributed by atoms with Crippen LogP contribution in [0.4, 0.5) is 17.6 Å². The molecular weight excluding hydrogens is 326 g/mol. The first-order chi connectivity index (χ1) is 10.2. The Morgan fingerprint density at radius 3 is 2.32 bits per heavy atom. The molecule has 22 heavy (non-hydrogen) atoms. The summed E-state index contributed by atoms with van der Waals surface area (Å²) >= 11 is 0.382. The molecule has 0 spiro atoms. The fraction of sp³-hybridized carbons (Fsp3) is 0.385. The van der Waals surface area contributed by atoms with Crippen molar-refractivity contribution in [2.75, 3.05) is 11.5 Å². The van der Waals surface area contributed by atoms with Crippen molar-refractivity contribution in [1.29, 1.82) is 0 Å². The molecule has 1 rings (SSSR count). The van der Waals surface area contributed by atoms with Crippen LogP contribution in [0.25, 0.3) is 0 Å². The van der Waals surface area contributed by atoms with E-state index < -0.39 is 47.8 Å². The van der Waals surface area contributed by atoms with Gasteiger partial charge in [-0.15, -0.1) is 11.8 Å². The van der Waals surface area contributed by atoms with Crippen LogP contribution in [-0.2, 0) is 9.59 Å². The van der Waals surface area contributed by atoms with E-state index in [0.29, 0.717) is 17.3 Å². The predicted molar refractivity (Wildman–Crippen MR) is 72.9 cm³/mol. The molecule has 0 aliphatic carbocycles. The summed E-state index contributed by atoms with van der Waals surface area (Å²) in [5, 5.41) is 11.2. The molecule has 0 aromatic heterocycles. The highest BCUT2D eigenvalue weighted by Gasteiger charge is 2.27. The summed E-state index contributed by atoms with van der Waals surface area (Å²) in [5.74, 6) is -4.05. The van der Waals surface area contributed by atoms with Gasteiger partial charge in [-0.1, -0.05) is 12.1 Å². The molecule has 9 heteroatoms. The van der Waals surface area contributed by atoms with Crippen molar-refractivity contribution in [3.63, 3.8) is 0 Å². The van der Waals surface area contributed by atoms with E-state index in [0.717, 1.165) is 12.1 Å².